The highest BCUT2D eigenvalue weighted by molar-refractivity contribution is 4.81. The summed E-state index contributed by atoms with van der Waals surface area (Å²) in [5.74, 6) is 0. The predicted molar refractivity (Wildman–Crippen MR) is 42.3 cm³/mol. The molecule has 76 valence electrons. The fraction of sp³-hybridized carbons (Fsp3) is 1.00. The maximum atomic E-state index is 9.36. The van der Waals surface area contributed by atoms with Crippen molar-refractivity contribution in [2.75, 3.05) is 26.4 Å². The number of aliphatic hydroxyl groups is 2. The number of rotatable bonds is 2. The molecule has 0 aromatic rings. The van der Waals surface area contributed by atoms with E-state index in [9.17, 15) is 10.2 Å². The van der Waals surface area contributed by atoms with E-state index in [1.807, 2.05) is 0 Å². The minimum atomic E-state index is -0.576. The first-order valence-corrected chi connectivity index (χ1v) is 4.44. The van der Waals surface area contributed by atoms with E-state index in [-0.39, 0.29) is 12.2 Å². The van der Waals surface area contributed by atoms with Crippen molar-refractivity contribution in [1.29, 1.82) is 0 Å². The van der Waals surface area contributed by atoms with Crippen LogP contribution in [0.4, 0.5) is 0 Å². The number of hydrogen-bond acceptors (Lipinski definition) is 5. The lowest BCUT2D eigenvalue weighted by Gasteiger charge is -2.20. The van der Waals surface area contributed by atoms with Gasteiger partial charge in [0, 0.05) is 0 Å². The Hall–Kier alpha value is -0.200. The Morgan fingerprint density at radius 3 is 1.62 bits per heavy atom. The summed E-state index contributed by atoms with van der Waals surface area (Å²) in [4.78, 5) is 0. The van der Waals surface area contributed by atoms with Gasteiger partial charge in [0.2, 0.25) is 0 Å². The highest BCUT2D eigenvalue weighted by atomic mass is 16.6. The second-order valence-electron chi connectivity index (χ2n) is 3.42. The van der Waals surface area contributed by atoms with Gasteiger partial charge in [0.1, 0.15) is 24.4 Å². The average Bonchev–Trinajstić information content (AvgIpc) is 2.65. The van der Waals surface area contributed by atoms with Crippen molar-refractivity contribution >= 4 is 0 Å². The van der Waals surface area contributed by atoms with Crippen molar-refractivity contribution < 1.29 is 24.4 Å². The minimum absolute atomic E-state index is 0.314. The van der Waals surface area contributed by atoms with E-state index < -0.39 is 12.2 Å². The second kappa shape index (κ2) is 3.89. The molecule has 2 heterocycles. The van der Waals surface area contributed by atoms with E-state index in [1.165, 1.54) is 0 Å². The van der Waals surface area contributed by atoms with Crippen LogP contribution in [0.1, 0.15) is 0 Å². The van der Waals surface area contributed by atoms with Crippen LogP contribution in [0.3, 0.4) is 0 Å². The monoisotopic (exact) mass is 190 g/mol. The molecule has 2 aliphatic heterocycles. The molecule has 5 nitrogen and oxygen atoms in total. The van der Waals surface area contributed by atoms with Gasteiger partial charge >= 0.3 is 0 Å². The van der Waals surface area contributed by atoms with Gasteiger partial charge in [-0.1, -0.05) is 0 Å². The number of aliphatic hydroxyl groups excluding tert-OH is 2. The lowest BCUT2D eigenvalue weighted by molar-refractivity contribution is -0.0849. The summed E-state index contributed by atoms with van der Waals surface area (Å²) in [7, 11) is 0. The zero-order chi connectivity index (χ0) is 9.26. The molecule has 0 saturated carbocycles. The van der Waals surface area contributed by atoms with Crippen LogP contribution in [0.25, 0.3) is 0 Å². The molecular formula is C8H14O5. The Labute approximate surface area is 76.2 Å². The van der Waals surface area contributed by atoms with Crippen LogP contribution in [-0.2, 0) is 14.2 Å². The van der Waals surface area contributed by atoms with Gasteiger partial charge in [-0.25, -0.2) is 0 Å². The molecule has 0 radical (unpaired) electrons. The van der Waals surface area contributed by atoms with E-state index in [2.05, 4.69) is 0 Å². The van der Waals surface area contributed by atoms with E-state index >= 15 is 0 Å². The van der Waals surface area contributed by atoms with Crippen LogP contribution in [0.15, 0.2) is 0 Å². The molecule has 0 aromatic heterocycles. The summed E-state index contributed by atoms with van der Waals surface area (Å²) in [6.07, 6.45) is -1.79. The van der Waals surface area contributed by atoms with Crippen LogP contribution < -0.4 is 0 Å². The smallest absolute Gasteiger partial charge is 0.110 e. The van der Waals surface area contributed by atoms with E-state index in [1.54, 1.807) is 0 Å². The van der Waals surface area contributed by atoms with Crippen molar-refractivity contribution in [2.24, 2.45) is 0 Å². The highest BCUT2D eigenvalue weighted by Gasteiger charge is 2.34. The molecule has 2 aliphatic rings. The molecule has 2 fully saturated rings. The lowest BCUT2D eigenvalue weighted by atomic mass is 10.2. The van der Waals surface area contributed by atoms with Crippen molar-refractivity contribution in [3.8, 4) is 0 Å². The summed E-state index contributed by atoms with van der Waals surface area (Å²) in [6, 6.07) is 0. The van der Waals surface area contributed by atoms with Gasteiger partial charge in [-0.2, -0.15) is 0 Å². The van der Waals surface area contributed by atoms with E-state index in [0.717, 1.165) is 0 Å². The summed E-state index contributed by atoms with van der Waals surface area (Å²) < 4.78 is 15.5. The zero-order valence-electron chi connectivity index (χ0n) is 7.26. The van der Waals surface area contributed by atoms with E-state index in [4.69, 9.17) is 14.2 Å². The Kier molecular flexibility index (Phi) is 2.80. The molecule has 0 aromatic carbocycles. The van der Waals surface area contributed by atoms with Gasteiger partial charge in [-0.3, -0.25) is 0 Å². The minimum Gasteiger partial charge on any atom is -0.388 e. The van der Waals surface area contributed by atoms with Crippen LogP contribution in [0, 0.1) is 0 Å². The van der Waals surface area contributed by atoms with Crippen molar-refractivity contribution in [2.45, 2.75) is 24.4 Å². The largest absolute Gasteiger partial charge is 0.388 e. The second-order valence-corrected chi connectivity index (χ2v) is 3.42. The van der Waals surface area contributed by atoms with Crippen molar-refractivity contribution in [3.63, 3.8) is 0 Å². The first kappa shape index (κ1) is 9.36. The first-order valence-electron chi connectivity index (χ1n) is 4.44. The summed E-state index contributed by atoms with van der Waals surface area (Å²) in [5.41, 5.74) is 0. The summed E-state index contributed by atoms with van der Waals surface area (Å²) >= 11 is 0. The molecule has 13 heavy (non-hydrogen) atoms. The predicted octanol–water partition coefficient (Wildman–Crippen LogP) is -1.48. The number of ether oxygens (including phenoxy) is 3. The topological polar surface area (TPSA) is 68.2 Å². The van der Waals surface area contributed by atoms with Crippen LogP contribution >= 0.6 is 0 Å². The molecule has 0 unspecified atom stereocenters. The quantitative estimate of drug-likeness (QED) is 0.556. The van der Waals surface area contributed by atoms with Crippen LogP contribution in [0.5, 0.6) is 0 Å². The van der Waals surface area contributed by atoms with Crippen LogP contribution in [-0.4, -0.2) is 61.1 Å². The van der Waals surface area contributed by atoms with E-state index in [0.29, 0.717) is 26.4 Å². The van der Waals surface area contributed by atoms with Crippen molar-refractivity contribution in [3.05, 3.63) is 0 Å². The number of hydrogen-bond donors (Lipinski definition) is 2. The van der Waals surface area contributed by atoms with Gasteiger partial charge < -0.3 is 24.4 Å². The Morgan fingerprint density at radius 2 is 1.31 bits per heavy atom. The van der Waals surface area contributed by atoms with Crippen LogP contribution in [0.2, 0.25) is 0 Å². The third-order valence-electron chi connectivity index (χ3n) is 2.35. The lowest BCUT2D eigenvalue weighted by Crippen LogP contribution is -2.36. The molecule has 0 amide bonds. The summed E-state index contributed by atoms with van der Waals surface area (Å²) in [6.45, 7) is 1.41. The first-order chi connectivity index (χ1) is 6.27. The molecular weight excluding hydrogens is 176 g/mol. The highest BCUT2D eigenvalue weighted by Crippen LogP contribution is 2.17. The molecule has 0 bridgehead atoms. The maximum Gasteiger partial charge on any atom is 0.110 e. The summed E-state index contributed by atoms with van der Waals surface area (Å²) in [5, 5.41) is 18.7. The van der Waals surface area contributed by atoms with Gasteiger partial charge in [-0.05, 0) is 0 Å². The van der Waals surface area contributed by atoms with Gasteiger partial charge in [0.25, 0.3) is 0 Å². The van der Waals surface area contributed by atoms with Crippen molar-refractivity contribution in [1.82, 2.24) is 0 Å². The Bertz CT molecular complexity index is 156. The fourth-order valence-corrected chi connectivity index (χ4v) is 1.53. The third kappa shape index (κ3) is 2.00. The van der Waals surface area contributed by atoms with Gasteiger partial charge in [0.15, 0.2) is 0 Å². The molecule has 2 N–H and O–H groups in total. The normalized spacial score (nSPS) is 45.7. The Balaban J connectivity index is 1.82. The zero-order valence-corrected chi connectivity index (χ0v) is 7.26. The molecule has 0 spiro atoms. The third-order valence-corrected chi connectivity index (χ3v) is 2.35. The molecule has 5 heteroatoms. The Morgan fingerprint density at radius 1 is 0.846 bits per heavy atom. The molecule has 2 rings (SSSR count). The molecule has 0 aliphatic carbocycles. The SMILES string of the molecule is O[C@@H]1COC[C@@H]1O[C@H]1COC[C@@H]1O. The molecule has 4 atom stereocenters. The maximum absolute atomic E-state index is 9.36. The van der Waals surface area contributed by atoms with Gasteiger partial charge in [0.05, 0.1) is 26.4 Å². The fourth-order valence-electron chi connectivity index (χ4n) is 1.53. The van der Waals surface area contributed by atoms with Gasteiger partial charge in [-0.15, -0.1) is 0 Å². The standard InChI is InChI=1S/C8H14O5/c9-5-1-11-3-7(5)13-8-4-12-2-6(8)10/h5-10H,1-4H2/t5-,6+,7-,8-/m0/s1. The average molecular weight is 190 g/mol. The molecule has 2 saturated heterocycles.